The molecule has 0 saturated heterocycles. The van der Waals surface area contributed by atoms with E-state index in [1.807, 2.05) is 24.3 Å². The quantitative estimate of drug-likeness (QED) is 0.402. The molecule has 0 bridgehead atoms. The first-order chi connectivity index (χ1) is 16.9. The lowest BCUT2D eigenvalue weighted by molar-refractivity contribution is -0.146. The summed E-state index contributed by atoms with van der Waals surface area (Å²) in [5, 5.41) is 20.3. The molecule has 2 unspecified atom stereocenters. The minimum atomic E-state index is -0.972. The Balaban J connectivity index is 1.26. The number of rotatable bonds is 7. The number of para-hydroxylation sites is 1. The van der Waals surface area contributed by atoms with Crippen LogP contribution in [-0.4, -0.2) is 40.4 Å². The van der Waals surface area contributed by atoms with E-state index in [0.717, 1.165) is 4.90 Å². The molecule has 0 aromatic heterocycles. The summed E-state index contributed by atoms with van der Waals surface area (Å²) in [6.07, 6.45) is 4.39. The van der Waals surface area contributed by atoms with E-state index < -0.39 is 17.8 Å². The molecule has 3 N–H and O–H groups in total. The summed E-state index contributed by atoms with van der Waals surface area (Å²) in [6.45, 7) is 0. The summed E-state index contributed by atoms with van der Waals surface area (Å²) in [5.41, 5.74) is 1.20. The number of allylic oxidation sites excluding steroid dienone is 2. The lowest BCUT2D eigenvalue weighted by atomic mass is 9.82. The van der Waals surface area contributed by atoms with Crippen molar-refractivity contribution in [2.45, 2.75) is 24.2 Å². The van der Waals surface area contributed by atoms with Crippen molar-refractivity contribution in [3.63, 3.8) is 0 Å². The van der Waals surface area contributed by atoms with E-state index in [4.69, 9.17) is 0 Å². The van der Waals surface area contributed by atoms with Gasteiger partial charge in [0.05, 0.1) is 29.7 Å². The Hall–Kier alpha value is -3.92. The molecule has 0 fully saturated rings. The summed E-state index contributed by atoms with van der Waals surface area (Å²) in [7, 11) is 0. The van der Waals surface area contributed by atoms with E-state index in [1.165, 1.54) is 16.8 Å². The first kappa shape index (κ1) is 24.2. The van der Waals surface area contributed by atoms with Crippen LogP contribution in [0.15, 0.2) is 76.7 Å². The summed E-state index contributed by atoms with van der Waals surface area (Å²) in [4.78, 5) is 49.4. The van der Waals surface area contributed by atoms with E-state index in [1.54, 1.807) is 42.5 Å². The number of hydrazone groups is 1. The van der Waals surface area contributed by atoms with Crippen molar-refractivity contribution in [3.8, 4) is 0 Å². The molecule has 1 aliphatic carbocycles. The van der Waals surface area contributed by atoms with Gasteiger partial charge in [-0.05, 0) is 49.2 Å². The fraction of sp³-hybridized carbons (Fsp3) is 0.240. The highest BCUT2D eigenvalue weighted by Gasteiger charge is 2.34. The number of nitrogens with zero attached hydrogens (tertiary/aromatic N) is 2. The molecule has 2 aliphatic rings. The molecule has 0 radical (unpaired) electrons. The Kier molecular flexibility index (Phi) is 7.61. The maximum Gasteiger partial charge on any atom is 0.307 e. The summed E-state index contributed by atoms with van der Waals surface area (Å²) in [5.74, 6) is -2.70. The molecule has 9 nitrogen and oxygen atoms in total. The number of carboxylic acid groups (broad SMARTS) is 1. The van der Waals surface area contributed by atoms with Gasteiger partial charge in [0.25, 0.3) is 5.91 Å². The molecular weight excluding hydrogens is 468 g/mol. The zero-order valence-corrected chi connectivity index (χ0v) is 19.5. The maximum absolute atomic E-state index is 12.6. The van der Waals surface area contributed by atoms with Crippen molar-refractivity contribution in [1.82, 2.24) is 5.32 Å². The molecule has 4 rings (SSSR count). The van der Waals surface area contributed by atoms with Crippen LogP contribution < -0.4 is 15.6 Å². The second-order valence-corrected chi connectivity index (χ2v) is 9.16. The normalized spacial score (nSPS) is 19.3. The van der Waals surface area contributed by atoms with Crippen molar-refractivity contribution in [2.75, 3.05) is 16.1 Å². The molecule has 0 spiro atoms. The van der Waals surface area contributed by atoms with Crippen LogP contribution in [0.5, 0.6) is 0 Å². The Morgan fingerprint density at radius 2 is 1.66 bits per heavy atom. The van der Waals surface area contributed by atoms with Crippen molar-refractivity contribution in [1.29, 1.82) is 0 Å². The standard InChI is InChI=1S/C25H24N4O5S/c30-22(27-21-14-23(31)29(28-21)17-6-2-1-3-7-17)15-35-18-12-10-16(11-13-18)26-24(32)19-8-4-5-9-20(19)25(33)34/h1-7,10-13,19-20H,8-9,14-15H2,(H,26,32)(H,33,34)(H,27,28,30). The fourth-order valence-corrected chi connectivity index (χ4v) is 4.56. The summed E-state index contributed by atoms with van der Waals surface area (Å²) < 4.78 is 0. The van der Waals surface area contributed by atoms with Gasteiger partial charge < -0.3 is 15.7 Å². The third-order valence-corrected chi connectivity index (χ3v) is 6.65. The predicted octanol–water partition coefficient (Wildman–Crippen LogP) is 3.25. The Bertz CT molecular complexity index is 1180. The average Bonchev–Trinajstić information content (AvgIpc) is 3.23. The molecular formula is C25H24N4O5S. The van der Waals surface area contributed by atoms with Gasteiger partial charge in [0.2, 0.25) is 11.8 Å². The third kappa shape index (κ3) is 6.15. The topological polar surface area (TPSA) is 128 Å². The first-order valence-corrected chi connectivity index (χ1v) is 12.1. The smallest absolute Gasteiger partial charge is 0.307 e. The lowest BCUT2D eigenvalue weighted by Crippen LogP contribution is -2.34. The largest absolute Gasteiger partial charge is 0.481 e. The molecule has 10 heteroatoms. The van der Waals surface area contributed by atoms with Crippen molar-refractivity contribution >= 4 is 52.7 Å². The number of benzene rings is 2. The Morgan fingerprint density at radius 1 is 0.971 bits per heavy atom. The number of carboxylic acids is 1. The molecule has 2 atom stereocenters. The van der Waals surface area contributed by atoms with Gasteiger partial charge in [-0.25, -0.2) is 0 Å². The maximum atomic E-state index is 12.6. The zero-order valence-electron chi connectivity index (χ0n) is 18.7. The molecule has 2 aromatic rings. The fourth-order valence-electron chi connectivity index (χ4n) is 3.86. The number of amidine groups is 1. The molecule has 0 saturated carbocycles. The van der Waals surface area contributed by atoms with Gasteiger partial charge in [-0.1, -0.05) is 30.4 Å². The highest BCUT2D eigenvalue weighted by molar-refractivity contribution is 8.00. The van der Waals surface area contributed by atoms with Crippen LogP contribution in [-0.2, 0) is 19.2 Å². The van der Waals surface area contributed by atoms with E-state index in [2.05, 4.69) is 15.7 Å². The van der Waals surface area contributed by atoms with Crippen molar-refractivity contribution in [2.24, 2.45) is 16.9 Å². The number of anilines is 2. The lowest BCUT2D eigenvalue weighted by Gasteiger charge is -2.24. The molecule has 1 aliphatic heterocycles. The van der Waals surface area contributed by atoms with Crippen LogP contribution in [0, 0.1) is 11.8 Å². The summed E-state index contributed by atoms with van der Waals surface area (Å²) >= 11 is 1.30. The van der Waals surface area contributed by atoms with E-state index >= 15 is 0 Å². The molecule has 3 amide bonds. The molecule has 180 valence electrons. The number of hydrogen-bond acceptors (Lipinski definition) is 6. The second kappa shape index (κ2) is 11.0. The monoisotopic (exact) mass is 492 g/mol. The number of hydrogen-bond donors (Lipinski definition) is 3. The minimum absolute atomic E-state index is 0.0270. The number of carbonyl (C=O) groups is 4. The SMILES string of the molecule is O=C(CSc1ccc(NC(=O)C2CC=CCC2C(=O)O)cc1)NC1=NN(c2ccccc2)C(=O)C1. The van der Waals surface area contributed by atoms with Gasteiger partial charge in [-0.3, -0.25) is 19.2 Å². The minimum Gasteiger partial charge on any atom is -0.481 e. The van der Waals surface area contributed by atoms with Crippen LogP contribution in [0.3, 0.4) is 0 Å². The number of aliphatic carboxylic acids is 1. The molecule has 35 heavy (non-hydrogen) atoms. The number of nitrogens with one attached hydrogen (secondary N) is 2. The third-order valence-electron chi connectivity index (χ3n) is 5.64. The second-order valence-electron chi connectivity index (χ2n) is 8.11. The molecule has 2 aromatic carbocycles. The zero-order chi connectivity index (χ0) is 24.8. The highest BCUT2D eigenvalue weighted by atomic mass is 32.2. The van der Waals surface area contributed by atoms with Gasteiger partial charge in [0, 0.05) is 10.6 Å². The predicted molar refractivity (Wildman–Crippen MR) is 133 cm³/mol. The van der Waals surface area contributed by atoms with Crippen LogP contribution in [0.4, 0.5) is 11.4 Å². The van der Waals surface area contributed by atoms with Crippen LogP contribution >= 0.6 is 11.8 Å². The highest BCUT2D eigenvalue weighted by Crippen LogP contribution is 2.28. The van der Waals surface area contributed by atoms with E-state index in [9.17, 15) is 24.3 Å². The first-order valence-electron chi connectivity index (χ1n) is 11.1. The number of thioether (sulfide) groups is 1. The van der Waals surface area contributed by atoms with E-state index in [0.29, 0.717) is 30.1 Å². The average molecular weight is 493 g/mol. The van der Waals surface area contributed by atoms with Gasteiger partial charge in [0.15, 0.2) is 0 Å². The molecule has 1 heterocycles. The summed E-state index contributed by atoms with van der Waals surface area (Å²) in [6, 6.07) is 16.0. The van der Waals surface area contributed by atoms with Crippen LogP contribution in [0.1, 0.15) is 19.3 Å². The van der Waals surface area contributed by atoms with Crippen LogP contribution in [0.2, 0.25) is 0 Å². The van der Waals surface area contributed by atoms with Crippen molar-refractivity contribution in [3.05, 3.63) is 66.7 Å². The Labute approximate surface area is 206 Å². The van der Waals surface area contributed by atoms with Gasteiger partial charge in [-0.2, -0.15) is 10.1 Å². The van der Waals surface area contributed by atoms with Crippen LogP contribution in [0.25, 0.3) is 0 Å². The Morgan fingerprint density at radius 3 is 2.34 bits per heavy atom. The van der Waals surface area contributed by atoms with E-state index in [-0.39, 0.29) is 29.9 Å². The van der Waals surface area contributed by atoms with Gasteiger partial charge in [0.1, 0.15) is 5.84 Å². The number of carbonyl (C=O) groups excluding carboxylic acids is 3. The van der Waals surface area contributed by atoms with Crippen molar-refractivity contribution < 1.29 is 24.3 Å². The van der Waals surface area contributed by atoms with Gasteiger partial charge in [-0.15, -0.1) is 11.8 Å². The number of amides is 3. The van der Waals surface area contributed by atoms with Gasteiger partial charge >= 0.3 is 5.97 Å².